The van der Waals surface area contributed by atoms with Gasteiger partial charge in [0.05, 0.1) is 39.9 Å². The number of amides is 1. The van der Waals surface area contributed by atoms with E-state index >= 15 is 0 Å². The van der Waals surface area contributed by atoms with Gasteiger partial charge in [0, 0.05) is 6.42 Å². The number of phosphoric acid groups is 1. The summed E-state index contributed by atoms with van der Waals surface area (Å²) >= 11 is 0. The van der Waals surface area contributed by atoms with E-state index < -0.39 is 20.0 Å². The number of rotatable bonds is 48. The van der Waals surface area contributed by atoms with Crippen LogP contribution in [0.4, 0.5) is 0 Å². The molecule has 0 radical (unpaired) electrons. The Bertz CT molecular complexity index is 989. The molecule has 60 heavy (non-hydrogen) atoms. The van der Waals surface area contributed by atoms with Gasteiger partial charge in [-0.05, 0) is 38.5 Å². The Kier molecular flexibility index (Phi) is 42.9. The summed E-state index contributed by atoms with van der Waals surface area (Å²) in [6.07, 6.45) is 51.1. The van der Waals surface area contributed by atoms with Crippen LogP contribution in [0.3, 0.4) is 0 Å². The molecular formula is C51H104N2O6P+. The molecule has 3 N–H and O–H groups in total. The number of carbonyl (C=O) groups is 1. The lowest BCUT2D eigenvalue weighted by molar-refractivity contribution is -0.870. The van der Waals surface area contributed by atoms with Gasteiger partial charge in [-0.15, -0.1) is 0 Å². The number of aliphatic hydroxyl groups is 1. The van der Waals surface area contributed by atoms with Gasteiger partial charge in [0.15, 0.2) is 0 Å². The fraction of sp³-hybridized carbons (Fsp3) is 0.941. The van der Waals surface area contributed by atoms with Crippen molar-refractivity contribution in [2.24, 2.45) is 0 Å². The topological polar surface area (TPSA) is 105 Å². The fourth-order valence-corrected chi connectivity index (χ4v) is 8.60. The minimum absolute atomic E-state index is 0.0764. The molecule has 0 bridgehead atoms. The van der Waals surface area contributed by atoms with Crippen LogP contribution in [0, 0.1) is 0 Å². The van der Waals surface area contributed by atoms with Crippen LogP contribution < -0.4 is 5.32 Å². The zero-order valence-electron chi connectivity index (χ0n) is 40.7. The van der Waals surface area contributed by atoms with Gasteiger partial charge in [0.1, 0.15) is 13.2 Å². The minimum Gasteiger partial charge on any atom is -0.391 e. The number of hydrogen-bond acceptors (Lipinski definition) is 5. The molecule has 0 aromatic heterocycles. The molecular weight excluding hydrogens is 768 g/mol. The minimum atomic E-state index is -4.31. The van der Waals surface area contributed by atoms with E-state index in [2.05, 4.69) is 31.3 Å². The first-order chi connectivity index (χ1) is 29.0. The smallest absolute Gasteiger partial charge is 0.391 e. The first-order valence-corrected chi connectivity index (χ1v) is 27.5. The van der Waals surface area contributed by atoms with Crippen molar-refractivity contribution in [1.82, 2.24) is 5.32 Å². The highest BCUT2D eigenvalue weighted by molar-refractivity contribution is 7.47. The molecule has 0 aliphatic rings. The van der Waals surface area contributed by atoms with Gasteiger partial charge in [-0.25, -0.2) is 4.57 Å². The second kappa shape index (κ2) is 43.5. The van der Waals surface area contributed by atoms with Crippen LogP contribution >= 0.6 is 7.82 Å². The van der Waals surface area contributed by atoms with Gasteiger partial charge in [-0.3, -0.25) is 13.8 Å². The zero-order valence-corrected chi connectivity index (χ0v) is 41.6. The quantitative estimate of drug-likeness (QED) is 0.0243. The SMILES string of the molecule is CCCCCCCCCCCCCC/C=C\CCCCCCCCCCCC(=O)NC(COP(=O)(O)OCC[N+](C)(C)C)C(O)CCCCCCCCCCCCCCC. The van der Waals surface area contributed by atoms with Crippen molar-refractivity contribution < 1.29 is 32.9 Å². The normalized spacial score (nSPS) is 14.2. The first-order valence-electron chi connectivity index (χ1n) is 26.1. The summed E-state index contributed by atoms with van der Waals surface area (Å²) in [7, 11) is 1.62. The number of allylic oxidation sites excluding steroid dienone is 2. The van der Waals surface area contributed by atoms with Gasteiger partial charge in [0.2, 0.25) is 5.91 Å². The van der Waals surface area contributed by atoms with Crippen LogP contribution in [0.25, 0.3) is 0 Å². The lowest BCUT2D eigenvalue weighted by atomic mass is 10.0. The molecule has 3 atom stereocenters. The second-order valence-corrected chi connectivity index (χ2v) is 20.7. The Morgan fingerprint density at radius 3 is 1.28 bits per heavy atom. The molecule has 358 valence electrons. The van der Waals surface area contributed by atoms with Crippen molar-refractivity contribution in [3.05, 3.63) is 12.2 Å². The lowest BCUT2D eigenvalue weighted by Crippen LogP contribution is -2.46. The largest absolute Gasteiger partial charge is 0.472 e. The Morgan fingerprint density at radius 1 is 0.550 bits per heavy atom. The van der Waals surface area contributed by atoms with Crippen LogP contribution in [-0.4, -0.2) is 73.4 Å². The van der Waals surface area contributed by atoms with Crippen molar-refractivity contribution >= 4 is 13.7 Å². The maximum atomic E-state index is 12.9. The number of nitrogens with one attached hydrogen (secondary N) is 1. The Labute approximate surface area is 373 Å². The van der Waals surface area contributed by atoms with E-state index in [0.29, 0.717) is 23.9 Å². The Hall–Kier alpha value is -0.760. The molecule has 9 heteroatoms. The van der Waals surface area contributed by atoms with Crippen molar-refractivity contribution in [2.45, 2.75) is 270 Å². The van der Waals surface area contributed by atoms with E-state index in [1.807, 2.05) is 21.1 Å². The molecule has 0 spiro atoms. The van der Waals surface area contributed by atoms with Crippen LogP contribution in [-0.2, 0) is 18.4 Å². The van der Waals surface area contributed by atoms with Gasteiger partial charge in [0.25, 0.3) is 0 Å². The van der Waals surface area contributed by atoms with Crippen LogP contribution in [0.1, 0.15) is 258 Å². The molecule has 8 nitrogen and oxygen atoms in total. The number of likely N-dealkylation sites (N-methyl/N-ethyl adjacent to an activating group) is 1. The summed E-state index contributed by atoms with van der Waals surface area (Å²) in [5, 5.41) is 14.0. The van der Waals surface area contributed by atoms with Crippen molar-refractivity contribution in [3.8, 4) is 0 Å². The van der Waals surface area contributed by atoms with Crippen LogP contribution in [0.5, 0.6) is 0 Å². The molecule has 1 amide bonds. The number of unbranched alkanes of at least 4 members (excludes halogenated alkanes) is 33. The van der Waals surface area contributed by atoms with E-state index in [9.17, 15) is 19.4 Å². The molecule has 0 saturated heterocycles. The third kappa shape index (κ3) is 45.3. The Balaban J connectivity index is 4.14. The number of hydrogen-bond donors (Lipinski definition) is 3. The zero-order chi connectivity index (χ0) is 44.3. The predicted molar refractivity (Wildman–Crippen MR) is 259 cm³/mol. The predicted octanol–water partition coefficient (Wildman–Crippen LogP) is 15.1. The highest BCUT2D eigenvalue weighted by Crippen LogP contribution is 2.43. The molecule has 0 rings (SSSR count). The summed E-state index contributed by atoms with van der Waals surface area (Å²) in [4.78, 5) is 23.2. The lowest BCUT2D eigenvalue weighted by Gasteiger charge is -2.26. The average molecular weight is 872 g/mol. The van der Waals surface area contributed by atoms with Gasteiger partial charge in [-0.1, -0.05) is 225 Å². The summed E-state index contributed by atoms with van der Waals surface area (Å²) in [6.45, 7) is 4.91. The monoisotopic (exact) mass is 872 g/mol. The molecule has 0 heterocycles. The van der Waals surface area contributed by atoms with Crippen LogP contribution in [0.15, 0.2) is 12.2 Å². The molecule has 0 aromatic rings. The van der Waals surface area contributed by atoms with E-state index in [1.54, 1.807) is 0 Å². The van der Waals surface area contributed by atoms with Crippen molar-refractivity contribution in [3.63, 3.8) is 0 Å². The van der Waals surface area contributed by atoms with Crippen molar-refractivity contribution in [2.75, 3.05) is 40.9 Å². The van der Waals surface area contributed by atoms with Gasteiger partial charge >= 0.3 is 7.82 Å². The number of phosphoric ester groups is 1. The maximum absolute atomic E-state index is 12.9. The summed E-state index contributed by atoms with van der Waals surface area (Å²) in [6, 6.07) is -0.757. The summed E-state index contributed by atoms with van der Waals surface area (Å²) in [5.74, 6) is -0.144. The highest BCUT2D eigenvalue weighted by Gasteiger charge is 2.28. The molecule has 0 aromatic carbocycles. The summed E-state index contributed by atoms with van der Waals surface area (Å²) in [5.41, 5.74) is 0. The summed E-state index contributed by atoms with van der Waals surface area (Å²) < 4.78 is 23.7. The Morgan fingerprint density at radius 2 is 0.900 bits per heavy atom. The number of carbonyl (C=O) groups excluding carboxylic acids is 1. The molecule has 0 aliphatic heterocycles. The highest BCUT2D eigenvalue weighted by atomic mass is 31.2. The standard InChI is InChI=1S/C51H103N2O6P/c1-6-8-10-12-14-16-18-20-21-22-23-24-25-26-27-28-29-30-31-33-35-37-39-41-43-45-51(55)52-49(48-59-60(56,57)58-47-46-53(3,4)5)50(54)44-42-40-38-36-34-32-19-17-15-13-11-9-7-2/h26-27,49-50,54H,6-25,28-48H2,1-5H3,(H-,52,55,56,57)/p+1/b27-26-. The van der Waals surface area contributed by atoms with Crippen LogP contribution in [0.2, 0.25) is 0 Å². The molecule has 3 unspecified atom stereocenters. The first kappa shape index (κ1) is 59.2. The van der Waals surface area contributed by atoms with Gasteiger partial charge in [-0.2, -0.15) is 0 Å². The van der Waals surface area contributed by atoms with E-state index in [0.717, 1.165) is 38.5 Å². The second-order valence-electron chi connectivity index (χ2n) is 19.3. The fourth-order valence-electron chi connectivity index (χ4n) is 7.87. The molecule has 0 aliphatic carbocycles. The number of aliphatic hydroxyl groups excluding tert-OH is 1. The van der Waals surface area contributed by atoms with Gasteiger partial charge < -0.3 is 19.8 Å². The molecule has 0 saturated carbocycles. The van der Waals surface area contributed by atoms with E-state index in [1.165, 1.54) is 193 Å². The third-order valence-electron chi connectivity index (χ3n) is 12.0. The average Bonchev–Trinajstić information content (AvgIpc) is 3.20. The number of quaternary nitrogens is 1. The number of nitrogens with zero attached hydrogens (tertiary/aromatic N) is 1. The molecule has 0 fully saturated rings. The third-order valence-corrected chi connectivity index (χ3v) is 13.0. The van der Waals surface area contributed by atoms with Crippen molar-refractivity contribution in [1.29, 1.82) is 0 Å². The maximum Gasteiger partial charge on any atom is 0.472 e. The van der Waals surface area contributed by atoms with E-state index in [-0.39, 0.29) is 19.1 Å². The van der Waals surface area contributed by atoms with E-state index in [4.69, 9.17) is 9.05 Å².